The molecule has 104 valence electrons. The molecule has 0 unspecified atom stereocenters. The van der Waals surface area contributed by atoms with Crippen molar-refractivity contribution in [3.8, 4) is 0 Å². The Morgan fingerprint density at radius 3 is 2.40 bits per heavy atom. The maximum atomic E-state index is 10.8. The highest BCUT2D eigenvalue weighted by Gasteiger charge is 2.07. The Bertz CT molecular complexity index is 608. The smallest absolute Gasteiger partial charge is 0.307 e. The number of hydrogen-bond acceptors (Lipinski definition) is 3. The van der Waals surface area contributed by atoms with Gasteiger partial charge >= 0.3 is 5.97 Å². The lowest BCUT2D eigenvalue weighted by Gasteiger charge is -2.07. The Morgan fingerprint density at radius 2 is 1.80 bits per heavy atom. The first-order valence-electron chi connectivity index (χ1n) is 6.45. The van der Waals surface area contributed by atoms with E-state index in [0.717, 1.165) is 16.2 Å². The van der Waals surface area contributed by atoms with Crippen LogP contribution in [-0.2, 0) is 17.6 Å². The Morgan fingerprint density at radius 1 is 1.15 bits per heavy atom. The first-order valence-corrected chi connectivity index (χ1v) is 7.27. The van der Waals surface area contributed by atoms with Gasteiger partial charge in [0.05, 0.1) is 6.42 Å². The van der Waals surface area contributed by atoms with Crippen LogP contribution in [-0.4, -0.2) is 11.1 Å². The summed E-state index contributed by atoms with van der Waals surface area (Å²) in [5.41, 5.74) is 8.29. The van der Waals surface area contributed by atoms with Crippen LogP contribution in [0.15, 0.2) is 52.3 Å². The van der Waals surface area contributed by atoms with E-state index in [4.69, 9.17) is 10.8 Å². The van der Waals surface area contributed by atoms with Crippen LogP contribution in [0.3, 0.4) is 0 Å². The molecule has 20 heavy (non-hydrogen) atoms. The molecule has 0 radical (unpaired) electrons. The summed E-state index contributed by atoms with van der Waals surface area (Å²) >= 11 is 1.61. The van der Waals surface area contributed by atoms with E-state index in [1.807, 2.05) is 12.1 Å². The van der Waals surface area contributed by atoms with Gasteiger partial charge in [-0.05, 0) is 47.9 Å². The maximum Gasteiger partial charge on any atom is 0.307 e. The van der Waals surface area contributed by atoms with Crippen LogP contribution < -0.4 is 5.73 Å². The van der Waals surface area contributed by atoms with Gasteiger partial charge in [0.1, 0.15) is 0 Å². The number of nitrogen functional groups attached to an aromatic ring is 1. The number of aliphatic carboxylic acids is 1. The average Bonchev–Trinajstić information content (AvgIpc) is 2.43. The molecule has 0 spiro atoms. The van der Waals surface area contributed by atoms with Gasteiger partial charge in [0.25, 0.3) is 0 Å². The molecule has 3 nitrogen and oxygen atoms in total. The molecular formula is C16H17NO2S. The Kier molecular flexibility index (Phi) is 4.69. The fourth-order valence-corrected chi connectivity index (χ4v) is 2.77. The van der Waals surface area contributed by atoms with Gasteiger partial charge in [-0.15, -0.1) is 0 Å². The summed E-state index contributed by atoms with van der Waals surface area (Å²) in [5.74, 6) is -0.869. The zero-order valence-corrected chi connectivity index (χ0v) is 12.1. The molecule has 0 heterocycles. The number of aryl methyl sites for hydroxylation is 1. The summed E-state index contributed by atoms with van der Waals surface area (Å²) in [4.78, 5) is 12.9. The molecule has 4 heteroatoms. The van der Waals surface area contributed by atoms with Crippen molar-refractivity contribution in [3.63, 3.8) is 0 Å². The van der Waals surface area contributed by atoms with E-state index in [1.165, 1.54) is 5.56 Å². The van der Waals surface area contributed by atoms with Gasteiger partial charge < -0.3 is 10.8 Å². The molecule has 0 fully saturated rings. The van der Waals surface area contributed by atoms with Crippen molar-refractivity contribution in [1.82, 2.24) is 0 Å². The molecule has 2 aromatic rings. The Hall–Kier alpha value is -1.94. The molecule has 0 bridgehead atoms. The van der Waals surface area contributed by atoms with Crippen molar-refractivity contribution in [1.29, 1.82) is 0 Å². The number of carboxylic acid groups (broad SMARTS) is 1. The van der Waals surface area contributed by atoms with E-state index in [9.17, 15) is 4.79 Å². The number of nitrogens with two attached hydrogens (primary N) is 1. The minimum atomic E-state index is -0.869. The second-order valence-electron chi connectivity index (χ2n) is 4.53. The lowest BCUT2D eigenvalue weighted by molar-refractivity contribution is -0.136. The second kappa shape index (κ2) is 6.48. The zero-order valence-electron chi connectivity index (χ0n) is 11.3. The molecule has 0 saturated carbocycles. The van der Waals surface area contributed by atoms with Gasteiger partial charge in [-0.2, -0.15) is 0 Å². The summed E-state index contributed by atoms with van der Waals surface area (Å²) < 4.78 is 0. The van der Waals surface area contributed by atoms with Crippen molar-refractivity contribution in [2.45, 2.75) is 29.6 Å². The van der Waals surface area contributed by atoms with Crippen molar-refractivity contribution in [2.24, 2.45) is 0 Å². The molecule has 2 aromatic carbocycles. The lowest BCUT2D eigenvalue weighted by Crippen LogP contribution is -2.03. The number of rotatable bonds is 5. The molecule has 2 rings (SSSR count). The van der Waals surface area contributed by atoms with Crippen molar-refractivity contribution in [2.75, 3.05) is 5.73 Å². The fourth-order valence-electron chi connectivity index (χ4n) is 1.89. The average molecular weight is 287 g/mol. The molecular weight excluding hydrogens is 270 g/mol. The van der Waals surface area contributed by atoms with Gasteiger partial charge in [0.2, 0.25) is 0 Å². The highest BCUT2D eigenvalue weighted by atomic mass is 32.2. The van der Waals surface area contributed by atoms with Gasteiger partial charge in [0, 0.05) is 15.5 Å². The van der Waals surface area contributed by atoms with Gasteiger partial charge in [-0.1, -0.05) is 30.8 Å². The normalized spacial score (nSPS) is 10.4. The van der Waals surface area contributed by atoms with E-state index < -0.39 is 5.97 Å². The van der Waals surface area contributed by atoms with Crippen LogP contribution in [0.25, 0.3) is 0 Å². The monoisotopic (exact) mass is 287 g/mol. The first kappa shape index (κ1) is 14.5. The summed E-state index contributed by atoms with van der Waals surface area (Å²) in [7, 11) is 0. The number of carboxylic acids is 1. The third-order valence-electron chi connectivity index (χ3n) is 3.02. The molecule has 0 aliphatic rings. The Labute approximate surface area is 122 Å². The second-order valence-corrected chi connectivity index (χ2v) is 5.68. The van der Waals surface area contributed by atoms with Crippen LogP contribution in [0, 0.1) is 0 Å². The number of benzene rings is 2. The van der Waals surface area contributed by atoms with Crippen LogP contribution in [0.4, 0.5) is 5.69 Å². The van der Waals surface area contributed by atoms with Crippen LogP contribution in [0.2, 0.25) is 0 Å². The van der Waals surface area contributed by atoms with E-state index in [1.54, 1.807) is 17.8 Å². The summed E-state index contributed by atoms with van der Waals surface area (Å²) in [6.45, 7) is 2.13. The standard InChI is InChI=1S/C16H17NO2S/c1-2-11-3-5-13(6-4-11)20-14-7-8-15(17)12(9-14)10-16(18)19/h3-9H,2,10,17H2,1H3,(H,18,19). The van der Waals surface area contributed by atoms with Gasteiger partial charge in [-0.25, -0.2) is 0 Å². The molecule has 0 aliphatic carbocycles. The van der Waals surface area contributed by atoms with Gasteiger partial charge in [-0.3, -0.25) is 4.79 Å². The number of carbonyl (C=O) groups is 1. The van der Waals surface area contributed by atoms with E-state index in [0.29, 0.717) is 11.3 Å². The minimum Gasteiger partial charge on any atom is -0.481 e. The van der Waals surface area contributed by atoms with E-state index >= 15 is 0 Å². The Balaban J connectivity index is 2.18. The molecule has 0 aliphatic heterocycles. The SMILES string of the molecule is CCc1ccc(Sc2ccc(N)c(CC(=O)O)c2)cc1. The number of hydrogen-bond donors (Lipinski definition) is 2. The molecule has 0 saturated heterocycles. The topological polar surface area (TPSA) is 63.3 Å². The van der Waals surface area contributed by atoms with Crippen LogP contribution in [0.1, 0.15) is 18.1 Å². The van der Waals surface area contributed by atoms with E-state index in [2.05, 4.69) is 31.2 Å². The highest BCUT2D eigenvalue weighted by Crippen LogP contribution is 2.30. The maximum absolute atomic E-state index is 10.8. The third-order valence-corrected chi connectivity index (χ3v) is 4.02. The molecule has 0 atom stereocenters. The van der Waals surface area contributed by atoms with Crippen LogP contribution in [0.5, 0.6) is 0 Å². The summed E-state index contributed by atoms with van der Waals surface area (Å²) in [6, 6.07) is 13.9. The fraction of sp³-hybridized carbons (Fsp3) is 0.188. The molecule has 0 aromatic heterocycles. The molecule has 0 amide bonds. The summed E-state index contributed by atoms with van der Waals surface area (Å²) in [5, 5.41) is 8.87. The van der Waals surface area contributed by atoms with Gasteiger partial charge in [0.15, 0.2) is 0 Å². The summed E-state index contributed by atoms with van der Waals surface area (Å²) in [6.07, 6.45) is 0.977. The van der Waals surface area contributed by atoms with E-state index in [-0.39, 0.29) is 6.42 Å². The van der Waals surface area contributed by atoms with Crippen molar-refractivity contribution in [3.05, 3.63) is 53.6 Å². The predicted molar refractivity (Wildman–Crippen MR) is 82.1 cm³/mol. The van der Waals surface area contributed by atoms with Crippen molar-refractivity contribution >= 4 is 23.4 Å². The highest BCUT2D eigenvalue weighted by molar-refractivity contribution is 7.99. The lowest BCUT2D eigenvalue weighted by atomic mass is 10.1. The third kappa shape index (κ3) is 3.78. The minimum absolute atomic E-state index is 0.0466. The molecule has 3 N–H and O–H groups in total. The van der Waals surface area contributed by atoms with Crippen molar-refractivity contribution < 1.29 is 9.90 Å². The number of anilines is 1. The predicted octanol–water partition coefficient (Wildman–Crippen LogP) is 3.61. The largest absolute Gasteiger partial charge is 0.481 e. The quantitative estimate of drug-likeness (QED) is 0.825. The zero-order chi connectivity index (χ0) is 14.5. The first-order chi connectivity index (χ1) is 9.58. The van der Waals surface area contributed by atoms with Crippen LogP contribution >= 0.6 is 11.8 Å².